The van der Waals surface area contributed by atoms with Crippen LogP contribution in [0.5, 0.6) is 0 Å². The second kappa shape index (κ2) is 6.86. The average Bonchev–Trinajstić information content (AvgIpc) is 2.31. The highest BCUT2D eigenvalue weighted by atomic mass is 35.5. The Kier molecular flexibility index (Phi) is 5.45. The maximum atomic E-state index is 11.4. The summed E-state index contributed by atoms with van der Waals surface area (Å²) in [4.78, 5) is 22.7. The summed E-state index contributed by atoms with van der Waals surface area (Å²) >= 11 is 5.72. The van der Waals surface area contributed by atoms with Crippen LogP contribution in [0.25, 0.3) is 0 Å². The van der Waals surface area contributed by atoms with E-state index in [2.05, 4.69) is 10.2 Å². The molecule has 1 rings (SSSR count). The number of carbonyl (C=O) groups excluding carboxylic acids is 2. The highest BCUT2D eigenvalue weighted by molar-refractivity contribution is 6.30. The van der Waals surface area contributed by atoms with Gasteiger partial charge in [-0.05, 0) is 38.1 Å². The molecular weight excluding hydrogens is 256 g/mol. The first-order valence-electron chi connectivity index (χ1n) is 5.38. The third-order valence-electron chi connectivity index (χ3n) is 2.01. The molecule has 18 heavy (non-hydrogen) atoms. The lowest BCUT2D eigenvalue weighted by molar-refractivity contribution is -0.147. The molecule has 1 atom stereocenters. The van der Waals surface area contributed by atoms with Crippen LogP contribution >= 0.6 is 11.6 Å². The molecule has 5 nitrogen and oxygen atoms in total. The normalized spacial score (nSPS) is 12.4. The topological polar surface area (TPSA) is 68.1 Å². The number of halogens is 1. The molecule has 0 radical (unpaired) electrons. The molecule has 0 aliphatic rings. The van der Waals surface area contributed by atoms with Gasteiger partial charge < -0.3 is 4.74 Å². The number of hydrogen-bond acceptors (Lipinski definition) is 5. The number of ketones is 1. The molecule has 0 aliphatic carbocycles. The number of esters is 1. The van der Waals surface area contributed by atoms with E-state index in [1.165, 1.54) is 6.92 Å². The number of hydrogen-bond donors (Lipinski definition) is 0. The fraction of sp³-hybridized carbons (Fsp3) is 0.333. The number of Topliss-reactive ketones (excluding diaryl/α,β-unsaturated/α-hetero) is 1. The zero-order valence-corrected chi connectivity index (χ0v) is 10.8. The quantitative estimate of drug-likeness (QED) is 0.468. The minimum Gasteiger partial charge on any atom is -0.464 e. The van der Waals surface area contributed by atoms with E-state index in [1.54, 1.807) is 31.2 Å². The minimum atomic E-state index is -1.21. The smallest absolute Gasteiger partial charge is 0.340 e. The molecule has 0 fully saturated rings. The molecule has 0 aliphatic heterocycles. The van der Waals surface area contributed by atoms with Crippen molar-refractivity contribution in [3.8, 4) is 0 Å². The van der Waals surface area contributed by atoms with Crippen molar-refractivity contribution < 1.29 is 14.3 Å². The number of ether oxygens (including phenoxy) is 1. The average molecular weight is 269 g/mol. The van der Waals surface area contributed by atoms with Crippen LogP contribution in [-0.4, -0.2) is 24.4 Å². The Morgan fingerprint density at radius 3 is 2.44 bits per heavy atom. The Morgan fingerprint density at radius 1 is 1.33 bits per heavy atom. The lowest BCUT2D eigenvalue weighted by Gasteiger charge is -2.06. The van der Waals surface area contributed by atoms with Crippen molar-refractivity contribution >= 4 is 29.0 Å². The van der Waals surface area contributed by atoms with E-state index in [9.17, 15) is 9.59 Å². The molecule has 1 unspecified atom stereocenters. The van der Waals surface area contributed by atoms with Crippen molar-refractivity contribution in [3.63, 3.8) is 0 Å². The van der Waals surface area contributed by atoms with Gasteiger partial charge in [-0.3, -0.25) is 4.79 Å². The Morgan fingerprint density at radius 2 is 1.94 bits per heavy atom. The molecule has 1 aromatic rings. The largest absolute Gasteiger partial charge is 0.464 e. The number of rotatable bonds is 5. The van der Waals surface area contributed by atoms with Crippen molar-refractivity contribution in [2.24, 2.45) is 10.2 Å². The van der Waals surface area contributed by atoms with Crippen LogP contribution in [0.2, 0.25) is 5.02 Å². The van der Waals surface area contributed by atoms with Gasteiger partial charge in [0, 0.05) is 5.02 Å². The first-order valence-corrected chi connectivity index (χ1v) is 5.76. The van der Waals surface area contributed by atoms with Crippen LogP contribution < -0.4 is 0 Å². The Hall–Kier alpha value is -1.75. The van der Waals surface area contributed by atoms with Gasteiger partial charge in [-0.1, -0.05) is 11.6 Å². The summed E-state index contributed by atoms with van der Waals surface area (Å²) < 4.78 is 4.74. The molecule has 6 heteroatoms. The van der Waals surface area contributed by atoms with Gasteiger partial charge in [-0.15, -0.1) is 0 Å². The van der Waals surface area contributed by atoms with Crippen LogP contribution in [0.3, 0.4) is 0 Å². The lowest BCUT2D eigenvalue weighted by Crippen LogP contribution is -2.28. The van der Waals surface area contributed by atoms with E-state index in [0.717, 1.165) is 0 Å². The Labute approximate surface area is 110 Å². The first kappa shape index (κ1) is 14.3. The van der Waals surface area contributed by atoms with Crippen molar-refractivity contribution in [1.29, 1.82) is 0 Å². The van der Waals surface area contributed by atoms with Gasteiger partial charge in [0.15, 0.2) is 5.78 Å². The van der Waals surface area contributed by atoms with Gasteiger partial charge in [0.2, 0.25) is 6.04 Å². The molecule has 0 spiro atoms. The third-order valence-corrected chi connectivity index (χ3v) is 2.26. The summed E-state index contributed by atoms with van der Waals surface area (Å²) in [7, 11) is 0. The molecule has 0 saturated heterocycles. The van der Waals surface area contributed by atoms with E-state index in [0.29, 0.717) is 10.7 Å². The summed E-state index contributed by atoms with van der Waals surface area (Å²) in [6.45, 7) is 3.12. The molecular formula is C12H13ClN2O3. The number of benzene rings is 1. The Bertz CT molecular complexity index is 457. The van der Waals surface area contributed by atoms with Gasteiger partial charge in [0.25, 0.3) is 0 Å². The molecule has 0 aromatic heterocycles. The van der Waals surface area contributed by atoms with E-state index in [4.69, 9.17) is 16.3 Å². The van der Waals surface area contributed by atoms with Crippen molar-refractivity contribution in [3.05, 3.63) is 29.3 Å². The summed E-state index contributed by atoms with van der Waals surface area (Å²) in [5.74, 6) is -1.10. The van der Waals surface area contributed by atoms with Gasteiger partial charge in [-0.2, -0.15) is 10.2 Å². The fourth-order valence-corrected chi connectivity index (χ4v) is 1.27. The van der Waals surface area contributed by atoms with Gasteiger partial charge >= 0.3 is 5.97 Å². The van der Waals surface area contributed by atoms with Crippen molar-refractivity contribution in [2.75, 3.05) is 6.61 Å². The standard InChI is InChI=1S/C12H13ClN2O3/c1-3-18-12(17)11(8(2)16)15-14-10-6-4-9(13)5-7-10/h4-7,11H,3H2,1-2H3. The van der Waals surface area contributed by atoms with Crippen molar-refractivity contribution in [2.45, 2.75) is 19.9 Å². The lowest BCUT2D eigenvalue weighted by atomic mass is 10.2. The molecule has 0 saturated carbocycles. The number of nitrogens with zero attached hydrogens (tertiary/aromatic N) is 2. The van der Waals surface area contributed by atoms with Gasteiger partial charge in [0.05, 0.1) is 12.3 Å². The summed E-state index contributed by atoms with van der Waals surface area (Å²) in [5.41, 5.74) is 0.509. The van der Waals surface area contributed by atoms with E-state index in [1.807, 2.05) is 0 Å². The van der Waals surface area contributed by atoms with Crippen LogP contribution in [0.4, 0.5) is 5.69 Å². The monoisotopic (exact) mass is 268 g/mol. The molecule has 1 aromatic carbocycles. The van der Waals surface area contributed by atoms with Crippen LogP contribution in [-0.2, 0) is 14.3 Å². The zero-order chi connectivity index (χ0) is 13.5. The second-order valence-corrected chi connectivity index (χ2v) is 3.89. The highest BCUT2D eigenvalue weighted by Gasteiger charge is 2.24. The Balaban J connectivity index is 2.80. The molecule has 96 valence electrons. The maximum absolute atomic E-state index is 11.4. The SMILES string of the molecule is CCOC(=O)C(N=Nc1ccc(Cl)cc1)C(C)=O. The first-order chi connectivity index (χ1) is 8.54. The predicted molar refractivity (Wildman–Crippen MR) is 67.1 cm³/mol. The molecule has 0 bridgehead atoms. The summed E-state index contributed by atoms with van der Waals surface area (Å²) in [5, 5.41) is 8.09. The molecule has 0 N–H and O–H groups in total. The summed E-state index contributed by atoms with van der Waals surface area (Å²) in [6, 6.07) is 5.34. The second-order valence-electron chi connectivity index (χ2n) is 3.46. The van der Waals surface area contributed by atoms with Crippen LogP contribution in [0.1, 0.15) is 13.8 Å². The zero-order valence-electron chi connectivity index (χ0n) is 10.1. The minimum absolute atomic E-state index is 0.194. The van der Waals surface area contributed by atoms with E-state index < -0.39 is 17.8 Å². The van der Waals surface area contributed by atoms with Gasteiger partial charge in [-0.25, -0.2) is 4.79 Å². The maximum Gasteiger partial charge on any atom is 0.340 e. The summed E-state index contributed by atoms with van der Waals surface area (Å²) in [6.07, 6.45) is 0. The number of azo groups is 1. The van der Waals surface area contributed by atoms with E-state index in [-0.39, 0.29) is 6.61 Å². The number of carbonyl (C=O) groups is 2. The fourth-order valence-electron chi connectivity index (χ4n) is 1.15. The van der Waals surface area contributed by atoms with E-state index >= 15 is 0 Å². The predicted octanol–water partition coefficient (Wildman–Crippen LogP) is 2.94. The molecule has 0 amide bonds. The van der Waals surface area contributed by atoms with Crippen LogP contribution in [0.15, 0.2) is 34.5 Å². The third kappa shape index (κ3) is 4.25. The van der Waals surface area contributed by atoms with Gasteiger partial charge in [0.1, 0.15) is 0 Å². The van der Waals surface area contributed by atoms with Crippen LogP contribution in [0, 0.1) is 0 Å². The molecule has 0 heterocycles. The van der Waals surface area contributed by atoms with Crippen molar-refractivity contribution in [1.82, 2.24) is 0 Å². The highest BCUT2D eigenvalue weighted by Crippen LogP contribution is 2.17.